The molecule has 2 aromatic carbocycles. The summed E-state index contributed by atoms with van der Waals surface area (Å²) in [7, 11) is -3.14. The van der Waals surface area contributed by atoms with Gasteiger partial charge in [0.25, 0.3) is 0 Å². The Morgan fingerprint density at radius 1 is 0.923 bits per heavy atom. The fraction of sp³-hybridized carbons (Fsp3) is 0.500. The average Bonchev–Trinajstić information content (AvgIpc) is 3.17. The molecule has 0 radical (unpaired) electrons. The zero-order chi connectivity index (χ0) is 27.1. The minimum atomic E-state index is -3.14. The summed E-state index contributed by atoms with van der Waals surface area (Å²) < 4.78 is 27.8. The van der Waals surface area contributed by atoms with Crippen molar-refractivity contribution < 1.29 is 18.3 Å². The first-order valence-electron chi connectivity index (χ1n) is 14.2. The predicted molar refractivity (Wildman–Crippen MR) is 155 cm³/mol. The summed E-state index contributed by atoms with van der Waals surface area (Å²) >= 11 is 0. The second-order valence-corrected chi connectivity index (χ2v) is 13.3. The molecule has 3 aromatic rings. The molecule has 2 fully saturated rings. The summed E-state index contributed by atoms with van der Waals surface area (Å²) in [5, 5.41) is 11.0. The number of carbonyl (C=O) groups is 1. The number of hydrogen-bond acceptors (Lipinski definition) is 5. The number of carboxylic acids is 1. The predicted octanol–water partition coefficient (Wildman–Crippen LogP) is 4.45. The summed E-state index contributed by atoms with van der Waals surface area (Å²) in [5.74, 6) is -0.405. The van der Waals surface area contributed by atoms with Crippen LogP contribution in [-0.4, -0.2) is 85.3 Å². The molecule has 39 heavy (non-hydrogen) atoms. The topological polar surface area (TPSA) is 86.1 Å². The summed E-state index contributed by atoms with van der Waals surface area (Å²) in [6.07, 6.45) is 7.41. The average molecular weight is 551 g/mol. The maximum absolute atomic E-state index is 11.9. The molecular weight excluding hydrogens is 512 g/mol. The van der Waals surface area contributed by atoms with E-state index in [2.05, 4.69) is 38.6 Å². The van der Waals surface area contributed by atoms with Gasteiger partial charge in [-0.25, -0.2) is 13.2 Å². The van der Waals surface area contributed by atoms with E-state index >= 15 is 0 Å². The second-order valence-electron chi connectivity index (χ2n) is 11.3. The van der Waals surface area contributed by atoms with Crippen LogP contribution in [-0.2, 0) is 16.6 Å². The Hall–Kier alpha value is -2.88. The third-order valence-electron chi connectivity index (χ3n) is 8.94. The quantitative estimate of drug-likeness (QED) is 0.488. The Labute approximate surface area is 230 Å². The fourth-order valence-electron chi connectivity index (χ4n) is 6.91. The minimum Gasteiger partial charge on any atom is -0.478 e. The van der Waals surface area contributed by atoms with Crippen molar-refractivity contribution in [1.82, 2.24) is 13.8 Å². The van der Waals surface area contributed by atoms with Gasteiger partial charge in [0.2, 0.25) is 10.0 Å². The number of anilines is 1. The third-order valence-corrected chi connectivity index (χ3v) is 10.2. The molecule has 1 saturated heterocycles. The maximum Gasteiger partial charge on any atom is 0.335 e. The minimum absolute atomic E-state index is 0.334. The van der Waals surface area contributed by atoms with Crippen molar-refractivity contribution in [3.63, 3.8) is 0 Å². The number of aromatic nitrogens is 1. The second kappa shape index (κ2) is 10.6. The van der Waals surface area contributed by atoms with E-state index in [1.54, 1.807) is 10.4 Å². The van der Waals surface area contributed by atoms with Crippen LogP contribution in [0.1, 0.15) is 53.9 Å². The van der Waals surface area contributed by atoms with Gasteiger partial charge in [-0.1, -0.05) is 43.5 Å². The van der Waals surface area contributed by atoms with E-state index in [1.807, 2.05) is 12.1 Å². The number of nitrogens with zero attached hydrogens (tertiary/aromatic N) is 4. The molecule has 0 atom stereocenters. The Kier molecular flexibility index (Phi) is 7.16. The van der Waals surface area contributed by atoms with Crippen LogP contribution in [0.2, 0.25) is 0 Å². The van der Waals surface area contributed by atoms with Crippen LogP contribution < -0.4 is 4.90 Å². The number of sulfonamides is 1. The lowest BCUT2D eigenvalue weighted by atomic mass is 9.81. The van der Waals surface area contributed by atoms with E-state index in [0.29, 0.717) is 24.6 Å². The first-order valence-corrected chi connectivity index (χ1v) is 16.1. The van der Waals surface area contributed by atoms with Gasteiger partial charge in [-0.3, -0.25) is 4.90 Å². The highest BCUT2D eigenvalue weighted by molar-refractivity contribution is 7.88. The number of para-hydroxylation sites is 1. The molecule has 2 aliphatic heterocycles. The van der Waals surface area contributed by atoms with Gasteiger partial charge in [-0.05, 0) is 42.5 Å². The smallest absolute Gasteiger partial charge is 0.335 e. The normalized spacial score (nSPS) is 19.6. The molecule has 3 aliphatic rings. The number of aromatic carboxylic acids is 1. The Balaban J connectivity index is 1.35. The lowest BCUT2D eigenvalue weighted by Crippen LogP contribution is -2.50. The van der Waals surface area contributed by atoms with Crippen LogP contribution >= 0.6 is 0 Å². The zero-order valence-corrected chi connectivity index (χ0v) is 23.5. The van der Waals surface area contributed by atoms with Crippen molar-refractivity contribution in [2.24, 2.45) is 0 Å². The van der Waals surface area contributed by atoms with Gasteiger partial charge in [0.1, 0.15) is 0 Å². The monoisotopic (exact) mass is 550 g/mol. The summed E-state index contributed by atoms with van der Waals surface area (Å²) in [4.78, 5) is 16.7. The number of rotatable bonds is 6. The van der Waals surface area contributed by atoms with Gasteiger partial charge >= 0.3 is 5.97 Å². The van der Waals surface area contributed by atoms with Crippen LogP contribution in [0.25, 0.3) is 22.2 Å². The molecule has 0 unspecified atom stereocenters. The number of benzene rings is 2. The maximum atomic E-state index is 11.9. The van der Waals surface area contributed by atoms with Crippen LogP contribution in [0.4, 0.5) is 5.69 Å². The Morgan fingerprint density at radius 3 is 2.38 bits per heavy atom. The number of fused-ring (bicyclic) bond motifs is 5. The van der Waals surface area contributed by atoms with E-state index < -0.39 is 16.0 Å². The highest BCUT2D eigenvalue weighted by Crippen LogP contribution is 2.47. The van der Waals surface area contributed by atoms with Crippen LogP contribution in [0.3, 0.4) is 0 Å². The van der Waals surface area contributed by atoms with Crippen LogP contribution in [0.15, 0.2) is 42.5 Å². The van der Waals surface area contributed by atoms with Gasteiger partial charge in [-0.15, -0.1) is 0 Å². The fourth-order valence-corrected chi connectivity index (χ4v) is 7.73. The summed E-state index contributed by atoms with van der Waals surface area (Å²) in [5.41, 5.74) is 6.47. The molecule has 9 heteroatoms. The SMILES string of the molecule is CS(=O)(=O)N1CCN(CCN2CCn3c(c(C4CCCCC4)c4ccc(C(=O)O)cc43)-c3ccccc32)CC1. The molecule has 8 nitrogen and oxygen atoms in total. The largest absolute Gasteiger partial charge is 0.478 e. The molecule has 0 bridgehead atoms. The molecule has 1 N–H and O–H groups in total. The molecule has 1 aliphatic carbocycles. The van der Waals surface area contributed by atoms with E-state index in [-0.39, 0.29) is 0 Å². The number of carboxylic acid groups (broad SMARTS) is 1. The molecule has 0 amide bonds. The highest BCUT2D eigenvalue weighted by Gasteiger charge is 2.31. The highest BCUT2D eigenvalue weighted by atomic mass is 32.2. The molecule has 6 rings (SSSR count). The lowest BCUT2D eigenvalue weighted by Gasteiger charge is -2.35. The van der Waals surface area contributed by atoms with Crippen molar-refractivity contribution >= 4 is 32.6 Å². The standard InChI is InChI=1S/C30H38N4O4S/c1-39(37,38)33-18-14-31(15-19-33)13-16-32-17-20-34-27-21-23(30(35)36)11-12-24(27)28(22-7-3-2-4-8-22)29(34)25-9-5-6-10-26(25)32/h5-6,9-12,21-22H,2-4,7-8,13-20H2,1H3,(H,35,36). The molecule has 1 saturated carbocycles. The number of piperazine rings is 1. The van der Waals surface area contributed by atoms with Crippen molar-refractivity contribution in [3.05, 3.63) is 53.6 Å². The van der Waals surface area contributed by atoms with Crippen molar-refractivity contribution in [1.29, 1.82) is 0 Å². The molecule has 3 heterocycles. The molecular formula is C30H38N4O4S. The van der Waals surface area contributed by atoms with Crippen molar-refractivity contribution in [3.8, 4) is 11.3 Å². The zero-order valence-electron chi connectivity index (χ0n) is 22.7. The van der Waals surface area contributed by atoms with E-state index in [9.17, 15) is 18.3 Å². The lowest BCUT2D eigenvalue weighted by molar-refractivity contribution is 0.0697. The number of hydrogen-bond donors (Lipinski definition) is 1. The first-order chi connectivity index (χ1) is 18.8. The molecule has 208 valence electrons. The Morgan fingerprint density at radius 2 is 1.67 bits per heavy atom. The van der Waals surface area contributed by atoms with Gasteiger partial charge in [0.05, 0.1) is 17.5 Å². The van der Waals surface area contributed by atoms with Gasteiger partial charge < -0.3 is 14.6 Å². The van der Waals surface area contributed by atoms with Gasteiger partial charge in [-0.2, -0.15) is 4.31 Å². The van der Waals surface area contributed by atoms with Crippen LogP contribution in [0.5, 0.6) is 0 Å². The van der Waals surface area contributed by atoms with E-state index in [1.165, 1.54) is 66.3 Å². The summed E-state index contributed by atoms with van der Waals surface area (Å²) in [6, 6.07) is 14.3. The van der Waals surface area contributed by atoms with Crippen molar-refractivity contribution in [2.75, 3.05) is 57.0 Å². The van der Waals surface area contributed by atoms with Crippen molar-refractivity contribution in [2.45, 2.75) is 44.6 Å². The third kappa shape index (κ3) is 5.08. The van der Waals surface area contributed by atoms with Gasteiger partial charge in [0.15, 0.2) is 0 Å². The first kappa shape index (κ1) is 26.3. The van der Waals surface area contributed by atoms with Crippen LogP contribution in [0, 0.1) is 0 Å². The van der Waals surface area contributed by atoms with E-state index in [0.717, 1.165) is 44.8 Å². The Bertz CT molecular complexity index is 1480. The summed E-state index contributed by atoms with van der Waals surface area (Å²) in [6.45, 7) is 5.94. The van der Waals surface area contributed by atoms with E-state index in [4.69, 9.17) is 0 Å². The molecule has 0 spiro atoms. The van der Waals surface area contributed by atoms with Gasteiger partial charge in [0, 0.05) is 74.5 Å². The molecule has 1 aromatic heterocycles.